The highest BCUT2D eigenvalue weighted by Crippen LogP contribution is 2.33. The van der Waals surface area contributed by atoms with Crippen LogP contribution >= 0.6 is 0 Å². The van der Waals surface area contributed by atoms with E-state index in [1.807, 2.05) is 18.2 Å². The van der Waals surface area contributed by atoms with Crippen LogP contribution < -0.4 is 4.74 Å². The summed E-state index contributed by atoms with van der Waals surface area (Å²) in [5.74, 6) is 0.383. The molecule has 0 heterocycles. The van der Waals surface area contributed by atoms with E-state index < -0.39 is 19.1 Å². The van der Waals surface area contributed by atoms with Gasteiger partial charge in [0, 0.05) is 10.9 Å². The third-order valence-corrected chi connectivity index (χ3v) is 2.96. The Morgan fingerprint density at radius 2 is 1.81 bits per heavy atom. The van der Waals surface area contributed by atoms with Crippen LogP contribution in [-0.2, 0) is 4.74 Å². The average molecular weight is 300 g/mol. The first-order chi connectivity index (χ1) is 9.88. The maximum atomic E-state index is 11.9. The van der Waals surface area contributed by atoms with Crippen LogP contribution in [0.1, 0.15) is 18.6 Å². The van der Waals surface area contributed by atoms with Crippen molar-refractivity contribution in [1.29, 1.82) is 0 Å². The summed E-state index contributed by atoms with van der Waals surface area (Å²) in [5, 5.41) is 11.4. The lowest BCUT2D eigenvalue weighted by atomic mass is 10.0. The van der Waals surface area contributed by atoms with E-state index in [1.54, 1.807) is 25.1 Å². The minimum absolute atomic E-state index is 0.257. The maximum Gasteiger partial charge on any atom is 0.522 e. The molecule has 2 rings (SSSR count). The molecule has 1 N–H and O–H groups in total. The summed E-state index contributed by atoms with van der Waals surface area (Å²) < 4.78 is 44.9. The minimum Gasteiger partial charge on any atom is -0.490 e. The van der Waals surface area contributed by atoms with Gasteiger partial charge in [-0.2, -0.15) is 0 Å². The number of benzene rings is 2. The van der Waals surface area contributed by atoms with Crippen LogP contribution in [-0.4, -0.2) is 24.7 Å². The number of hydrogen-bond acceptors (Lipinski definition) is 3. The van der Waals surface area contributed by atoms with Crippen LogP contribution in [0, 0.1) is 0 Å². The smallest absolute Gasteiger partial charge is 0.490 e. The molecule has 21 heavy (non-hydrogen) atoms. The first kappa shape index (κ1) is 15.6. The largest absolute Gasteiger partial charge is 0.522 e. The van der Waals surface area contributed by atoms with Crippen molar-refractivity contribution in [2.45, 2.75) is 19.4 Å². The van der Waals surface area contributed by atoms with Gasteiger partial charge >= 0.3 is 6.36 Å². The second kappa shape index (κ2) is 6.32. The first-order valence-electron chi connectivity index (χ1n) is 6.41. The quantitative estimate of drug-likeness (QED) is 0.853. The predicted octanol–water partition coefficient (Wildman–Crippen LogP) is 3.81. The van der Waals surface area contributed by atoms with Crippen LogP contribution in [0.15, 0.2) is 36.4 Å². The molecule has 0 saturated heterocycles. The maximum absolute atomic E-state index is 11.9. The van der Waals surface area contributed by atoms with Gasteiger partial charge < -0.3 is 9.84 Å². The van der Waals surface area contributed by atoms with E-state index in [9.17, 15) is 18.3 Å². The summed E-state index contributed by atoms with van der Waals surface area (Å²) in [6, 6.07) is 10.8. The Morgan fingerprint density at radius 1 is 1.10 bits per heavy atom. The molecule has 0 bridgehead atoms. The molecule has 6 heteroatoms. The van der Waals surface area contributed by atoms with E-state index in [4.69, 9.17) is 4.74 Å². The molecule has 1 atom stereocenters. The summed E-state index contributed by atoms with van der Waals surface area (Å²) in [5.41, 5.74) is 0.528. The Balaban J connectivity index is 2.21. The van der Waals surface area contributed by atoms with Gasteiger partial charge in [-0.05, 0) is 12.3 Å². The number of rotatable bonds is 5. The average Bonchev–Trinajstić information content (AvgIpc) is 2.42. The molecule has 114 valence electrons. The molecule has 0 fully saturated rings. The third-order valence-electron chi connectivity index (χ3n) is 2.96. The molecular weight excluding hydrogens is 285 g/mol. The lowest BCUT2D eigenvalue weighted by Gasteiger charge is -2.16. The van der Waals surface area contributed by atoms with Crippen molar-refractivity contribution in [3.63, 3.8) is 0 Å². The zero-order chi connectivity index (χ0) is 15.5. The van der Waals surface area contributed by atoms with E-state index in [2.05, 4.69) is 4.74 Å². The Morgan fingerprint density at radius 3 is 2.48 bits per heavy atom. The Bertz CT molecular complexity index is 609. The molecule has 0 saturated carbocycles. The van der Waals surface area contributed by atoms with Crippen molar-refractivity contribution in [2.24, 2.45) is 0 Å². The van der Waals surface area contributed by atoms with Crippen molar-refractivity contribution in [1.82, 2.24) is 0 Å². The summed E-state index contributed by atoms with van der Waals surface area (Å²) >= 11 is 0. The van der Waals surface area contributed by atoms with Gasteiger partial charge in [0.1, 0.15) is 12.4 Å². The zero-order valence-corrected chi connectivity index (χ0v) is 11.4. The van der Waals surface area contributed by atoms with Gasteiger partial charge in [0.25, 0.3) is 0 Å². The minimum atomic E-state index is -4.67. The van der Waals surface area contributed by atoms with E-state index in [1.165, 1.54) is 0 Å². The lowest BCUT2D eigenvalue weighted by Crippen LogP contribution is -2.18. The van der Waals surface area contributed by atoms with E-state index in [0.29, 0.717) is 11.3 Å². The van der Waals surface area contributed by atoms with Gasteiger partial charge in [0.2, 0.25) is 0 Å². The third kappa shape index (κ3) is 4.09. The van der Waals surface area contributed by atoms with E-state index in [-0.39, 0.29) is 6.61 Å². The fraction of sp³-hybridized carbons (Fsp3) is 0.333. The molecule has 0 spiro atoms. The molecule has 0 radical (unpaired) electrons. The number of aliphatic hydroxyl groups excluding tert-OH is 1. The second-order valence-electron chi connectivity index (χ2n) is 4.52. The molecule has 0 aromatic heterocycles. The zero-order valence-electron chi connectivity index (χ0n) is 11.4. The van der Waals surface area contributed by atoms with Crippen molar-refractivity contribution in [3.8, 4) is 5.75 Å². The molecule has 0 aliphatic heterocycles. The first-order valence-corrected chi connectivity index (χ1v) is 6.41. The number of fused-ring (bicyclic) bond motifs is 1. The predicted molar refractivity (Wildman–Crippen MR) is 72.1 cm³/mol. The molecule has 3 nitrogen and oxygen atoms in total. The fourth-order valence-corrected chi connectivity index (χ4v) is 2.05. The van der Waals surface area contributed by atoms with Crippen LogP contribution in [0.5, 0.6) is 5.75 Å². The second-order valence-corrected chi connectivity index (χ2v) is 4.52. The number of hydrogen-bond donors (Lipinski definition) is 1. The van der Waals surface area contributed by atoms with Crippen molar-refractivity contribution in [3.05, 3.63) is 42.0 Å². The summed E-state index contributed by atoms with van der Waals surface area (Å²) in [6.07, 6.45) is -5.46. The van der Waals surface area contributed by atoms with Gasteiger partial charge in [-0.1, -0.05) is 36.4 Å². The van der Waals surface area contributed by atoms with Gasteiger partial charge in [-0.25, -0.2) is 0 Å². The van der Waals surface area contributed by atoms with Crippen molar-refractivity contribution >= 4 is 10.8 Å². The van der Waals surface area contributed by atoms with Crippen LogP contribution in [0.25, 0.3) is 10.8 Å². The topological polar surface area (TPSA) is 38.7 Å². The summed E-state index contributed by atoms with van der Waals surface area (Å²) in [7, 11) is 0. The van der Waals surface area contributed by atoms with Crippen molar-refractivity contribution < 1.29 is 27.8 Å². The number of alkyl halides is 3. The van der Waals surface area contributed by atoms with Gasteiger partial charge in [0.05, 0.1) is 12.7 Å². The highest BCUT2D eigenvalue weighted by Gasteiger charge is 2.28. The summed E-state index contributed by atoms with van der Waals surface area (Å²) in [6.45, 7) is 0.711. The van der Waals surface area contributed by atoms with E-state index in [0.717, 1.165) is 10.8 Å². The van der Waals surface area contributed by atoms with Crippen LogP contribution in [0.3, 0.4) is 0 Å². The lowest BCUT2D eigenvalue weighted by molar-refractivity contribution is -0.325. The Labute approximate surface area is 119 Å². The molecule has 2 aromatic carbocycles. The normalized spacial score (nSPS) is 13.4. The Kier molecular flexibility index (Phi) is 4.69. The van der Waals surface area contributed by atoms with Crippen molar-refractivity contribution in [2.75, 3.05) is 13.2 Å². The standard InChI is InChI=1S/C15H15F3O3/c1-10(19)12-7-6-11-4-2-3-5-13(11)14(12)20-8-9-21-15(16,17)18/h2-7,10,19H,8-9H2,1H3/t10-/m0/s1. The molecule has 0 unspecified atom stereocenters. The molecule has 0 aliphatic rings. The van der Waals surface area contributed by atoms with Gasteiger partial charge in [0.15, 0.2) is 0 Å². The number of aliphatic hydroxyl groups is 1. The number of ether oxygens (including phenoxy) is 2. The molecule has 0 aliphatic carbocycles. The fourth-order valence-electron chi connectivity index (χ4n) is 2.05. The molecule has 2 aromatic rings. The summed E-state index contributed by atoms with van der Waals surface area (Å²) in [4.78, 5) is 0. The van der Waals surface area contributed by atoms with Crippen LogP contribution in [0.2, 0.25) is 0 Å². The van der Waals surface area contributed by atoms with Crippen LogP contribution in [0.4, 0.5) is 13.2 Å². The number of halogens is 3. The van der Waals surface area contributed by atoms with E-state index >= 15 is 0 Å². The monoisotopic (exact) mass is 300 g/mol. The van der Waals surface area contributed by atoms with Gasteiger partial charge in [-0.3, -0.25) is 4.74 Å². The SMILES string of the molecule is C[C@H](O)c1ccc2ccccc2c1OCCOC(F)(F)F. The molecule has 0 amide bonds. The highest BCUT2D eigenvalue weighted by molar-refractivity contribution is 5.89. The highest BCUT2D eigenvalue weighted by atomic mass is 19.4. The van der Waals surface area contributed by atoms with Gasteiger partial charge in [-0.15, -0.1) is 13.2 Å². The Hall–Kier alpha value is -1.79. The molecular formula is C15H15F3O3.